The highest BCUT2D eigenvalue weighted by Crippen LogP contribution is 2.22. The summed E-state index contributed by atoms with van der Waals surface area (Å²) >= 11 is 6.87. The Morgan fingerprint density at radius 1 is 0.625 bits per heavy atom. The second kappa shape index (κ2) is 3.79. The zero-order chi connectivity index (χ0) is 11.1. The molecule has 78 valence electrons. The van der Waals surface area contributed by atoms with E-state index in [9.17, 15) is 0 Å². The van der Waals surface area contributed by atoms with Crippen LogP contribution in [0.5, 0.6) is 0 Å². The van der Waals surface area contributed by atoms with Gasteiger partial charge in [-0.2, -0.15) is 0 Å². The lowest BCUT2D eigenvalue weighted by atomic mass is 10.2. The Balaban J connectivity index is 2.44. The molecule has 1 heterocycles. The number of nitrogens with zero attached hydrogens (tertiary/aromatic N) is 2. The van der Waals surface area contributed by atoms with Gasteiger partial charge in [-0.3, -0.25) is 0 Å². The number of hydrogen-bond donors (Lipinski definition) is 0. The van der Waals surface area contributed by atoms with Crippen LogP contribution in [0.3, 0.4) is 0 Å². The summed E-state index contributed by atoms with van der Waals surface area (Å²) in [6, 6.07) is 11.8. The third kappa shape index (κ3) is 1.72. The van der Waals surface area contributed by atoms with Crippen molar-refractivity contribution in [2.45, 2.75) is 0 Å². The fourth-order valence-electron chi connectivity index (χ4n) is 1.62. The molecule has 0 radical (unpaired) electrons. The number of fused-ring (bicyclic) bond motifs is 2. The Kier molecular flexibility index (Phi) is 2.41. The second-order valence-electron chi connectivity index (χ2n) is 3.49. The van der Waals surface area contributed by atoms with Gasteiger partial charge >= 0.3 is 0 Å². The Bertz CT molecular complexity index is 638. The van der Waals surface area contributed by atoms with Crippen LogP contribution in [0.4, 0.5) is 0 Å². The van der Waals surface area contributed by atoms with Crippen molar-refractivity contribution in [3.05, 3.63) is 45.3 Å². The molecule has 1 aromatic heterocycles. The molecule has 0 saturated carbocycles. The van der Waals surface area contributed by atoms with Gasteiger partial charge in [0.25, 0.3) is 0 Å². The van der Waals surface area contributed by atoms with Crippen LogP contribution in [-0.2, 0) is 0 Å². The minimum atomic E-state index is 0.903. The van der Waals surface area contributed by atoms with Crippen molar-refractivity contribution >= 4 is 53.9 Å². The molecule has 0 aliphatic heterocycles. The number of halogens is 2. The van der Waals surface area contributed by atoms with Crippen molar-refractivity contribution in [1.29, 1.82) is 0 Å². The van der Waals surface area contributed by atoms with E-state index in [1.165, 1.54) is 0 Å². The molecule has 3 rings (SSSR count). The first kappa shape index (κ1) is 10.2. The molecule has 0 bridgehead atoms. The third-order valence-electron chi connectivity index (χ3n) is 2.36. The molecule has 0 aliphatic rings. The summed E-state index contributed by atoms with van der Waals surface area (Å²) < 4.78 is 2.03. The average Bonchev–Trinajstić information content (AvgIpc) is 2.26. The topological polar surface area (TPSA) is 25.8 Å². The zero-order valence-corrected chi connectivity index (χ0v) is 11.3. The molecule has 0 atom stereocenters. The minimum Gasteiger partial charge on any atom is -0.245 e. The average molecular weight is 338 g/mol. The van der Waals surface area contributed by atoms with Crippen LogP contribution in [0.25, 0.3) is 22.1 Å². The van der Waals surface area contributed by atoms with Crippen molar-refractivity contribution < 1.29 is 0 Å². The van der Waals surface area contributed by atoms with Crippen LogP contribution in [-0.4, -0.2) is 9.97 Å². The van der Waals surface area contributed by atoms with E-state index in [2.05, 4.69) is 41.8 Å². The molecule has 0 unspecified atom stereocenters. The first-order valence-electron chi connectivity index (χ1n) is 4.75. The highest BCUT2D eigenvalue weighted by molar-refractivity contribution is 9.10. The van der Waals surface area contributed by atoms with Crippen molar-refractivity contribution in [1.82, 2.24) is 9.97 Å². The van der Waals surface area contributed by atoms with Crippen LogP contribution >= 0.6 is 31.9 Å². The predicted octanol–water partition coefficient (Wildman–Crippen LogP) is 4.31. The standard InChI is InChI=1S/C12H6Br2N2/c13-7-1-3-9-11(5-7)16-12-6-8(14)2-4-10(12)15-9/h1-6H. The Hall–Kier alpha value is -1.00. The van der Waals surface area contributed by atoms with E-state index in [1.54, 1.807) is 0 Å². The van der Waals surface area contributed by atoms with Gasteiger partial charge in [0.2, 0.25) is 0 Å². The maximum Gasteiger partial charge on any atom is 0.0905 e. The van der Waals surface area contributed by atoms with Crippen LogP contribution in [0.1, 0.15) is 0 Å². The van der Waals surface area contributed by atoms with Gasteiger partial charge in [-0.1, -0.05) is 31.9 Å². The van der Waals surface area contributed by atoms with E-state index in [0.29, 0.717) is 0 Å². The molecule has 0 amide bonds. The van der Waals surface area contributed by atoms with E-state index >= 15 is 0 Å². The number of hydrogen-bond acceptors (Lipinski definition) is 2. The SMILES string of the molecule is Brc1ccc2nc3ccc(Br)cc3nc2c1. The fourth-order valence-corrected chi connectivity index (χ4v) is 2.32. The molecule has 4 heteroatoms. The van der Waals surface area contributed by atoms with E-state index in [-0.39, 0.29) is 0 Å². The predicted molar refractivity (Wildman–Crippen MR) is 72.4 cm³/mol. The van der Waals surface area contributed by atoms with Crippen LogP contribution in [0.2, 0.25) is 0 Å². The minimum absolute atomic E-state index is 0.903. The quantitative estimate of drug-likeness (QED) is 0.571. The van der Waals surface area contributed by atoms with Crippen molar-refractivity contribution in [2.75, 3.05) is 0 Å². The van der Waals surface area contributed by atoms with Gasteiger partial charge in [-0.05, 0) is 36.4 Å². The molecule has 0 saturated heterocycles. The molecule has 0 N–H and O–H groups in total. The maximum absolute atomic E-state index is 4.58. The van der Waals surface area contributed by atoms with Gasteiger partial charge in [-0.25, -0.2) is 9.97 Å². The Labute approximate surface area is 109 Å². The summed E-state index contributed by atoms with van der Waals surface area (Å²) in [5, 5.41) is 0. The molecular weight excluding hydrogens is 332 g/mol. The van der Waals surface area contributed by atoms with E-state index in [4.69, 9.17) is 0 Å². The lowest BCUT2D eigenvalue weighted by Crippen LogP contribution is -1.87. The van der Waals surface area contributed by atoms with E-state index in [0.717, 1.165) is 31.0 Å². The first-order chi connectivity index (χ1) is 7.72. The third-order valence-corrected chi connectivity index (χ3v) is 3.34. The summed E-state index contributed by atoms with van der Waals surface area (Å²) in [6.45, 7) is 0. The smallest absolute Gasteiger partial charge is 0.0905 e. The first-order valence-corrected chi connectivity index (χ1v) is 6.33. The van der Waals surface area contributed by atoms with Crippen molar-refractivity contribution in [3.8, 4) is 0 Å². The van der Waals surface area contributed by atoms with Gasteiger partial charge < -0.3 is 0 Å². The van der Waals surface area contributed by atoms with Gasteiger partial charge in [0.05, 0.1) is 22.1 Å². The molecule has 3 aromatic rings. The highest BCUT2D eigenvalue weighted by atomic mass is 79.9. The monoisotopic (exact) mass is 336 g/mol. The second-order valence-corrected chi connectivity index (χ2v) is 5.32. The summed E-state index contributed by atoms with van der Waals surface area (Å²) in [5.74, 6) is 0. The van der Waals surface area contributed by atoms with Gasteiger partial charge in [-0.15, -0.1) is 0 Å². The van der Waals surface area contributed by atoms with Crippen LogP contribution in [0.15, 0.2) is 45.3 Å². The van der Waals surface area contributed by atoms with Crippen LogP contribution < -0.4 is 0 Å². The van der Waals surface area contributed by atoms with Crippen molar-refractivity contribution in [3.63, 3.8) is 0 Å². The molecule has 0 fully saturated rings. The molecule has 0 spiro atoms. The fraction of sp³-hybridized carbons (Fsp3) is 0. The van der Waals surface area contributed by atoms with Gasteiger partial charge in [0, 0.05) is 8.95 Å². The largest absolute Gasteiger partial charge is 0.245 e. The summed E-state index contributed by atoms with van der Waals surface area (Å²) in [5.41, 5.74) is 3.64. The normalized spacial score (nSPS) is 11.1. The van der Waals surface area contributed by atoms with Gasteiger partial charge in [0.1, 0.15) is 0 Å². The van der Waals surface area contributed by atoms with Crippen molar-refractivity contribution in [2.24, 2.45) is 0 Å². The van der Waals surface area contributed by atoms with Gasteiger partial charge in [0.15, 0.2) is 0 Å². The number of benzene rings is 2. The zero-order valence-electron chi connectivity index (χ0n) is 8.11. The van der Waals surface area contributed by atoms with E-state index < -0.39 is 0 Å². The number of aromatic nitrogens is 2. The lowest BCUT2D eigenvalue weighted by Gasteiger charge is -2.01. The summed E-state index contributed by atoms with van der Waals surface area (Å²) in [4.78, 5) is 9.13. The highest BCUT2D eigenvalue weighted by Gasteiger charge is 2.02. The molecule has 16 heavy (non-hydrogen) atoms. The summed E-state index contributed by atoms with van der Waals surface area (Å²) in [7, 11) is 0. The summed E-state index contributed by atoms with van der Waals surface area (Å²) in [6.07, 6.45) is 0. The maximum atomic E-state index is 4.58. The molecule has 2 aromatic carbocycles. The molecular formula is C12H6Br2N2. The number of rotatable bonds is 0. The molecule has 2 nitrogen and oxygen atoms in total. The Morgan fingerprint density at radius 2 is 1.06 bits per heavy atom. The van der Waals surface area contributed by atoms with Crippen LogP contribution in [0, 0.1) is 0 Å². The molecule has 0 aliphatic carbocycles. The lowest BCUT2D eigenvalue weighted by molar-refractivity contribution is 1.38. The Morgan fingerprint density at radius 3 is 1.56 bits per heavy atom. The van der Waals surface area contributed by atoms with E-state index in [1.807, 2.05) is 36.4 Å².